The lowest BCUT2D eigenvalue weighted by atomic mass is 10.1. The molecule has 5 nitrogen and oxygen atoms in total. The predicted molar refractivity (Wildman–Crippen MR) is 75.7 cm³/mol. The van der Waals surface area contributed by atoms with Crippen LogP contribution in [0.1, 0.15) is 20.7 Å². The Balaban J connectivity index is 2.44. The van der Waals surface area contributed by atoms with Gasteiger partial charge in [0.2, 0.25) is 0 Å². The van der Waals surface area contributed by atoms with Crippen molar-refractivity contribution >= 4 is 35.4 Å². The Morgan fingerprint density at radius 2 is 2.19 bits per heavy atom. The molecule has 0 bridgehead atoms. The molecule has 7 heteroatoms. The molecule has 0 radical (unpaired) electrons. The van der Waals surface area contributed by atoms with Gasteiger partial charge in [-0.1, -0.05) is 11.6 Å². The van der Waals surface area contributed by atoms with Crippen molar-refractivity contribution in [1.82, 2.24) is 4.98 Å². The Labute approximate surface area is 124 Å². The number of nitrogens with one attached hydrogen (secondary N) is 1. The van der Waals surface area contributed by atoms with Crippen LogP contribution in [-0.2, 0) is 4.74 Å². The maximum atomic E-state index is 13.1. The van der Waals surface area contributed by atoms with Crippen molar-refractivity contribution in [1.29, 1.82) is 0 Å². The minimum Gasteiger partial charge on any atom is -0.465 e. The zero-order valence-electron chi connectivity index (χ0n) is 10.9. The standard InChI is InChI=1S/C14H10ClFN2O3/c1-21-14(20)11-5-9(15)6-17-13(11)18-12-3-2-10(16)4-8(12)7-19/h2-7H,1H3,(H,17,18). The molecule has 0 spiro atoms. The van der Waals surface area contributed by atoms with E-state index in [1.165, 1.54) is 31.5 Å². The van der Waals surface area contributed by atoms with Crippen molar-refractivity contribution in [3.63, 3.8) is 0 Å². The molecule has 1 aromatic carbocycles. The molecule has 21 heavy (non-hydrogen) atoms. The summed E-state index contributed by atoms with van der Waals surface area (Å²) in [4.78, 5) is 26.6. The van der Waals surface area contributed by atoms with Gasteiger partial charge in [0.1, 0.15) is 17.2 Å². The van der Waals surface area contributed by atoms with E-state index in [4.69, 9.17) is 11.6 Å². The molecule has 0 fully saturated rings. The smallest absolute Gasteiger partial charge is 0.341 e. The first-order chi connectivity index (χ1) is 10.0. The fraction of sp³-hybridized carbons (Fsp3) is 0.0714. The molecule has 0 amide bonds. The fourth-order valence-corrected chi connectivity index (χ4v) is 1.83. The summed E-state index contributed by atoms with van der Waals surface area (Å²) in [7, 11) is 1.22. The van der Waals surface area contributed by atoms with Gasteiger partial charge in [-0.05, 0) is 24.3 Å². The maximum absolute atomic E-state index is 13.1. The first-order valence-electron chi connectivity index (χ1n) is 5.80. The van der Waals surface area contributed by atoms with E-state index in [0.29, 0.717) is 12.0 Å². The highest BCUT2D eigenvalue weighted by molar-refractivity contribution is 6.30. The van der Waals surface area contributed by atoms with Gasteiger partial charge >= 0.3 is 5.97 Å². The number of esters is 1. The Hall–Kier alpha value is -2.47. The van der Waals surface area contributed by atoms with Crippen molar-refractivity contribution in [2.45, 2.75) is 0 Å². The Bertz CT molecular complexity index is 707. The van der Waals surface area contributed by atoms with Crippen LogP contribution in [0.5, 0.6) is 0 Å². The first kappa shape index (κ1) is 14.9. The van der Waals surface area contributed by atoms with E-state index < -0.39 is 11.8 Å². The molecule has 1 N–H and O–H groups in total. The second kappa shape index (κ2) is 6.32. The lowest BCUT2D eigenvalue weighted by Crippen LogP contribution is -2.08. The minimum absolute atomic E-state index is 0.0996. The number of halogens is 2. The molecule has 0 atom stereocenters. The van der Waals surface area contributed by atoms with Gasteiger partial charge in [0.25, 0.3) is 0 Å². The molecule has 0 unspecified atom stereocenters. The highest BCUT2D eigenvalue weighted by Crippen LogP contribution is 2.24. The van der Waals surface area contributed by atoms with Crippen LogP contribution < -0.4 is 5.32 Å². The van der Waals surface area contributed by atoms with Gasteiger partial charge < -0.3 is 10.1 Å². The highest BCUT2D eigenvalue weighted by Gasteiger charge is 2.15. The lowest BCUT2D eigenvalue weighted by molar-refractivity contribution is 0.0601. The van der Waals surface area contributed by atoms with Crippen LogP contribution in [0.2, 0.25) is 5.02 Å². The monoisotopic (exact) mass is 308 g/mol. The topological polar surface area (TPSA) is 68.3 Å². The van der Waals surface area contributed by atoms with Crippen molar-refractivity contribution in [3.05, 3.63) is 52.4 Å². The van der Waals surface area contributed by atoms with Crippen LogP contribution in [-0.4, -0.2) is 24.3 Å². The molecule has 1 heterocycles. The van der Waals surface area contributed by atoms with E-state index >= 15 is 0 Å². The highest BCUT2D eigenvalue weighted by atomic mass is 35.5. The SMILES string of the molecule is COC(=O)c1cc(Cl)cnc1Nc1ccc(F)cc1C=O. The number of pyridine rings is 1. The number of ether oxygens (including phenoxy) is 1. The van der Waals surface area contributed by atoms with Gasteiger partial charge in [-0.3, -0.25) is 4.79 Å². The van der Waals surface area contributed by atoms with Crippen LogP contribution in [0.25, 0.3) is 0 Å². The van der Waals surface area contributed by atoms with Crippen molar-refractivity contribution in [3.8, 4) is 0 Å². The van der Waals surface area contributed by atoms with Crippen molar-refractivity contribution in [2.24, 2.45) is 0 Å². The number of carbonyl (C=O) groups is 2. The quantitative estimate of drug-likeness (QED) is 0.694. The van der Waals surface area contributed by atoms with E-state index in [1.54, 1.807) is 0 Å². The molecule has 0 aliphatic heterocycles. The Morgan fingerprint density at radius 1 is 1.43 bits per heavy atom. The van der Waals surface area contributed by atoms with Gasteiger partial charge in [-0.2, -0.15) is 0 Å². The molecule has 2 aromatic rings. The molecular formula is C14H10ClFN2O3. The second-order valence-corrected chi connectivity index (χ2v) is 4.45. The van der Waals surface area contributed by atoms with Crippen molar-refractivity contribution < 1.29 is 18.7 Å². The van der Waals surface area contributed by atoms with Crippen molar-refractivity contribution in [2.75, 3.05) is 12.4 Å². The first-order valence-corrected chi connectivity index (χ1v) is 6.18. The maximum Gasteiger partial charge on any atom is 0.341 e. The van der Waals surface area contributed by atoms with Crippen LogP contribution in [0.3, 0.4) is 0 Å². The molecule has 2 rings (SSSR count). The van der Waals surface area contributed by atoms with E-state index in [9.17, 15) is 14.0 Å². The number of hydrogen-bond acceptors (Lipinski definition) is 5. The molecule has 1 aromatic heterocycles. The summed E-state index contributed by atoms with van der Waals surface area (Å²) in [5.74, 6) is -1.02. The average Bonchev–Trinajstić information content (AvgIpc) is 2.49. The molecule has 108 valence electrons. The number of rotatable bonds is 4. The number of carbonyl (C=O) groups excluding carboxylic acids is 2. The number of benzene rings is 1. The molecular weight excluding hydrogens is 299 g/mol. The summed E-state index contributed by atoms with van der Waals surface area (Å²) in [6.07, 6.45) is 1.83. The van der Waals surface area contributed by atoms with Gasteiger partial charge in [-0.15, -0.1) is 0 Å². The average molecular weight is 309 g/mol. The van der Waals surface area contributed by atoms with Gasteiger partial charge in [0, 0.05) is 11.8 Å². The minimum atomic E-state index is -0.637. The third kappa shape index (κ3) is 3.35. The van der Waals surface area contributed by atoms with E-state index in [2.05, 4.69) is 15.0 Å². The van der Waals surface area contributed by atoms with Crippen LogP contribution in [0.4, 0.5) is 15.9 Å². The largest absolute Gasteiger partial charge is 0.465 e. The number of hydrogen-bond donors (Lipinski definition) is 1. The normalized spacial score (nSPS) is 10.0. The summed E-state index contributed by atoms with van der Waals surface area (Å²) >= 11 is 5.80. The van der Waals surface area contributed by atoms with Crippen LogP contribution >= 0.6 is 11.6 Å². The third-order valence-corrected chi connectivity index (χ3v) is 2.86. The van der Waals surface area contributed by atoms with E-state index in [1.807, 2.05) is 0 Å². The zero-order chi connectivity index (χ0) is 15.4. The van der Waals surface area contributed by atoms with Gasteiger partial charge in [-0.25, -0.2) is 14.2 Å². The van der Waals surface area contributed by atoms with E-state index in [0.717, 1.165) is 6.07 Å². The van der Waals surface area contributed by atoms with Crippen LogP contribution in [0.15, 0.2) is 30.5 Å². The molecule has 0 aliphatic rings. The second-order valence-electron chi connectivity index (χ2n) is 4.02. The number of aldehydes is 1. The lowest BCUT2D eigenvalue weighted by Gasteiger charge is -2.11. The summed E-state index contributed by atoms with van der Waals surface area (Å²) in [6.45, 7) is 0. The van der Waals surface area contributed by atoms with Gasteiger partial charge in [0.15, 0.2) is 6.29 Å². The van der Waals surface area contributed by atoms with Gasteiger partial charge in [0.05, 0.1) is 17.8 Å². The summed E-state index contributed by atoms with van der Waals surface area (Å²) in [5.41, 5.74) is 0.514. The fourth-order valence-electron chi connectivity index (χ4n) is 1.68. The number of anilines is 2. The summed E-state index contributed by atoms with van der Waals surface area (Å²) < 4.78 is 17.7. The number of aromatic nitrogens is 1. The third-order valence-electron chi connectivity index (χ3n) is 2.65. The van der Waals surface area contributed by atoms with Crippen LogP contribution in [0, 0.1) is 5.82 Å². The summed E-state index contributed by atoms with van der Waals surface area (Å²) in [5, 5.41) is 3.05. The molecule has 0 saturated heterocycles. The Kier molecular flexibility index (Phi) is 4.49. The number of methoxy groups -OCH3 is 1. The van der Waals surface area contributed by atoms with E-state index in [-0.39, 0.29) is 22.0 Å². The predicted octanol–water partition coefficient (Wildman–Crippen LogP) is 3.22. The Morgan fingerprint density at radius 3 is 2.86 bits per heavy atom. The molecule has 0 aliphatic carbocycles. The molecule has 0 saturated carbocycles. The zero-order valence-corrected chi connectivity index (χ0v) is 11.6. The summed E-state index contributed by atoms with van der Waals surface area (Å²) in [6, 6.07) is 5.01. The number of nitrogens with zero attached hydrogens (tertiary/aromatic N) is 1.